The number of hydrogen-bond donors (Lipinski definition) is 2. The quantitative estimate of drug-likeness (QED) is 0.738. The average molecular weight is 373 g/mol. The Kier molecular flexibility index (Phi) is 5.18. The Morgan fingerprint density at radius 3 is 2.31 bits per heavy atom. The molecule has 5 nitrogen and oxygen atoms in total. The zero-order valence-electron chi connectivity index (χ0n) is 14.8. The van der Waals surface area contributed by atoms with Crippen LogP contribution in [0.3, 0.4) is 0 Å². The average Bonchev–Trinajstić information content (AvgIpc) is 3.41. The van der Waals surface area contributed by atoms with Gasteiger partial charge in [0.15, 0.2) is 0 Å². The molecule has 2 N–H and O–H groups in total. The number of benzene rings is 2. The molecule has 0 bridgehead atoms. The Morgan fingerprint density at radius 1 is 1.08 bits per heavy atom. The molecule has 6 heteroatoms. The summed E-state index contributed by atoms with van der Waals surface area (Å²) in [6, 6.07) is 12.3. The van der Waals surface area contributed by atoms with Gasteiger partial charge >= 0.3 is 0 Å². The molecule has 1 aliphatic rings. The molecule has 2 aromatic carbocycles. The van der Waals surface area contributed by atoms with Crippen LogP contribution in [0.4, 0.5) is 11.4 Å². The van der Waals surface area contributed by atoms with Crippen molar-refractivity contribution >= 4 is 34.8 Å². The standard InChI is InChI=1S/C20H21ClN2O3/c1-3-26-16-7-5-15(6-8-16)22-18(24)20(10-11-20)19(25)23-17-9-4-14(21)12-13(17)2/h4-9,12H,3,10-11H2,1-2H3,(H,22,24)(H,23,25). The summed E-state index contributed by atoms with van der Waals surface area (Å²) in [6.45, 7) is 4.35. The SMILES string of the molecule is CCOc1ccc(NC(=O)C2(C(=O)Nc3ccc(Cl)cc3C)CC2)cc1. The number of rotatable bonds is 6. The molecule has 2 amide bonds. The Hall–Kier alpha value is -2.53. The first kappa shape index (κ1) is 18.3. The van der Waals surface area contributed by atoms with Gasteiger partial charge in [-0.15, -0.1) is 0 Å². The minimum atomic E-state index is -1.01. The first-order chi connectivity index (χ1) is 12.4. The Bertz CT molecular complexity index is 829. The van der Waals surface area contributed by atoms with Crippen molar-refractivity contribution in [2.24, 2.45) is 5.41 Å². The van der Waals surface area contributed by atoms with Crippen LogP contribution >= 0.6 is 11.6 Å². The lowest BCUT2D eigenvalue weighted by atomic mass is 10.0. The second-order valence-electron chi connectivity index (χ2n) is 6.41. The largest absolute Gasteiger partial charge is 0.494 e. The Morgan fingerprint density at radius 2 is 1.73 bits per heavy atom. The topological polar surface area (TPSA) is 67.4 Å². The van der Waals surface area contributed by atoms with Gasteiger partial charge in [0.25, 0.3) is 0 Å². The van der Waals surface area contributed by atoms with E-state index in [4.69, 9.17) is 16.3 Å². The van der Waals surface area contributed by atoms with Crippen molar-refractivity contribution in [2.45, 2.75) is 26.7 Å². The smallest absolute Gasteiger partial charge is 0.240 e. The van der Waals surface area contributed by atoms with Crippen LogP contribution in [-0.4, -0.2) is 18.4 Å². The van der Waals surface area contributed by atoms with Crippen molar-refractivity contribution in [3.05, 3.63) is 53.1 Å². The van der Waals surface area contributed by atoms with Gasteiger partial charge in [-0.2, -0.15) is 0 Å². The minimum absolute atomic E-state index is 0.286. The third kappa shape index (κ3) is 3.83. The van der Waals surface area contributed by atoms with Crippen LogP contribution < -0.4 is 15.4 Å². The first-order valence-corrected chi connectivity index (χ1v) is 8.94. The number of carbonyl (C=O) groups excluding carboxylic acids is 2. The number of nitrogens with one attached hydrogen (secondary N) is 2. The summed E-state index contributed by atoms with van der Waals surface area (Å²) in [7, 11) is 0. The van der Waals surface area contributed by atoms with E-state index in [1.165, 1.54) is 0 Å². The lowest BCUT2D eigenvalue weighted by molar-refractivity contribution is -0.131. The van der Waals surface area contributed by atoms with Crippen molar-refractivity contribution in [2.75, 3.05) is 17.2 Å². The third-order valence-corrected chi connectivity index (χ3v) is 4.71. The lowest BCUT2D eigenvalue weighted by Gasteiger charge is -2.17. The molecule has 0 unspecified atom stereocenters. The fourth-order valence-electron chi connectivity index (χ4n) is 2.74. The van der Waals surface area contributed by atoms with Crippen molar-refractivity contribution in [1.29, 1.82) is 0 Å². The van der Waals surface area contributed by atoms with Crippen LogP contribution in [0.2, 0.25) is 5.02 Å². The van der Waals surface area contributed by atoms with E-state index in [0.717, 1.165) is 11.3 Å². The predicted octanol–water partition coefficient (Wildman–Crippen LogP) is 4.40. The molecule has 3 rings (SSSR count). The van der Waals surface area contributed by atoms with E-state index >= 15 is 0 Å². The minimum Gasteiger partial charge on any atom is -0.494 e. The molecular formula is C20H21ClN2O3. The van der Waals surface area contributed by atoms with Crippen LogP contribution in [0.15, 0.2) is 42.5 Å². The van der Waals surface area contributed by atoms with Crippen LogP contribution in [0.25, 0.3) is 0 Å². The maximum absolute atomic E-state index is 12.7. The fourth-order valence-corrected chi connectivity index (χ4v) is 2.97. The molecule has 0 spiro atoms. The van der Waals surface area contributed by atoms with E-state index in [2.05, 4.69) is 10.6 Å². The van der Waals surface area contributed by atoms with E-state index < -0.39 is 5.41 Å². The number of aryl methyl sites for hydroxylation is 1. The summed E-state index contributed by atoms with van der Waals surface area (Å²) in [5.41, 5.74) is 1.15. The number of halogens is 1. The molecule has 1 saturated carbocycles. The summed E-state index contributed by atoms with van der Waals surface area (Å²) in [4.78, 5) is 25.3. The maximum atomic E-state index is 12.7. The zero-order chi connectivity index (χ0) is 18.7. The second-order valence-corrected chi connectivity index (χ2v) is 6.84. The van der Waals surface area contributed by atoms with E-state index in [0.29, 0.717) is 35.8 Å². The molecule has 0 radical (unpaired) electrons. The first-order valence-electron chi connectivity index (χ1n) is 8.56. The van der Waals surface area contributed by atoms with Gasteiger partial charge < -0.3 is 15.4 Å². The molecular weight excluding hydrogens is 352 g/mol. The predicted molar refractivity (Wildman–Crippen MR) is 103 cm³/mol. The van der Waals surface area contributed by atoms with Gasteiger partial charge in [0.2, 0.25) is 11.8 Å². The number of anilines is 2. The normalized spacial score (nSPS) is 14.4. The molecule has 1 fully saturated rings. The molecule has 2 aromatic rings. The molecule has 136 valence electrons. The molecule has 0 aliphatic heterocycles. The molecule has 1 aliphatic carbocycles. The summed E-state index contributed by atoms with van der Waals surface area (Å²) in [6.07, 6.45) is 1.07. The van der Waals surface area contributed by atoms with E-state index in [9.17, 15) is 9.59 Å². The highest BCUT2D eigenvalue weighted by Gasteiger charge is 2.56. The van der Waals surface area contributed by atoms with Gasteiger partial charge in [0, 0.05) is 16.4 Å². The second kappa shape index (κ2) is 7.38. The van der Waals surface area contributed by atoms with E-state index in [1.807, 2.05) is 13.8 Å². The fraction of sp³-hybridized carbons (Fsp3) is 0.300. The van der Waals surface area contributed by atoms with Crippen LogP contribution in [0.1, 0.15) is 25.3 Å². The Balaban J connectivity index is 1.67. The highest BCUT2D eigenvalue weighted by atomic mass is 35.5. The summed E-state index contributed by atoms with van der Waals surface area (Å²) in [5, 5.41) is 6.29. The van der Waals surface area contributed by atoms with Crippen LogP contribution in [0, 0.1) is 12.3 Å². The summed E-state index contributed by atoms with van der Waals surface area (Å²) in [5.74, 6) is 0.166. The monoisotopic (exact) mass is 372 g/mol. The van der Waals surface area contributed by atoms with Gasteiger partial charge in [-0.3, -0.25) is 9.59 Å². The van der Waals surface area contributed by atoms with Gasteiger partial charge in [0.05, 0.1) is 6.61 Å². The van der Waals surface area contributed by atoms with Crippen molar-refractivity contribution in [3.63, 3.8) is 0 Å². The van der Waals surface area contributed by atoms with Crippen molar-refractivity contribution in [3.8, 4) is 5.75 Å². The van der Waals surface area contributed by atoms with E-state index in [-0.39, 0.29) is 11.8 Å². The lowest BCUT2D eigenvalue weighted by Crippen LogP contribution is -2.35. The summed E-state index contributed by atoms with van der Waals surface area (Å²) >= 11 is 5.94. The molecule has 26 heavy (non-hydrogen) atoms. The highest BCUT2D eigenvalue weighted by Crippen LogP contribution is 2.47. The number of amides is 2. The zero-order valence-corrected chi connectivity index (χ0v) is 15.5. The van der Waals surface area contributed by atoms with Gasteiger partial charge in [-0.25, -0.2) is 0 Å². The molecule has 0 saturated heterocycles. The number of carbonyl (C=O) groups is 2. The molecule has 0 heterocycles. The molecule has 0 atom stereocenters. The van der Waals surface area contributed by atoms with Gasteiger partial charge in [-0.1, -0.05) is 11.6 Å². The Labute approximate surface area is 157 Å². The molecule has 0 aromatic heterocycles. The van der Waals surface area contributed by atoms with Crippen LogP contribution in [0.5, 0.6) is 5.75 Å². The number of hydrogen-bond acceptors (Lipinski definition) is 3. The van der Waals surface area contributed by atoms with Crippen LogP contribution in [-0.2, 0) is 9.59 Å². The maximum Gasteiger partial charge on any atom is 0.240 e. The van der Waals surface area contributed by atoms with Gasteiger partial charge in [0.1, 0.15) is 11.2 Å². The third-order valence-electron chi connectivity index (χ3n) is 4.48. The van der Waals surface area contributed by atoms with Crippen molar-refractivity contribution in [1.82, 2.24) is 0 Å². The van der Waals surface area contributed by atoms with E-state index in [1.54, 1.807) is 42.5 Å². The van der Waals surface area contributed by atoms with Crippen molar-refractivity contribution < 1.29 is 14.3 Å². The van der Waals surface area contributed by atoms with Gasteiger partial charge in [-0.05, 0) is 74.7 Å². The highest BCUT2D eigenvalue weighted by molar-refractivity contribution is 6.30. The summed E-state index contributed by atoms with van der Waals surface area (Å²) < 4.78 is 5.38. The number of ether oxygens (including phenoxy) is 1.